The molecule has 0 aromatic heterocycles. The second kappa shape index (κ2) is 4.41. The molecular weight excluding hydrogens is 230 g/mol. The van der Waals surface area contributed by atoms with Crippen LogP contribution in [0.15, 0.2) is 12.2 Å². The molecule has 0 spiro atoms. The average Bonchev–Trinajstić information content (AvgIpc) is 2.84. The van der Waals surface area contributed by atoms with E-state index in [4.69, 9.17) is 0 Å². The molecule has 2 aliphatic rings. The predicted molar refractivity (Wildman–Crippen MR) is 67.9 cm³/mol. The molecule has 0 heterocycles. The van der Waals surface area contributed by atoms with E-state index in [1.807, 2.05) is 20.8 Å². The largest absolute Gasteiger partial charge is 0.480 e. The van der Waals surface area contributed by atoms with Crippen LogP contribution in [0.1, 0.15) is 33.6 Å². The fraction of sp³-hybridized carbons (Fsp3) is 0.714. The summed E-state index contributed by atoms with van der Waals surface area (Å²) in [6, 6.07) is -0.826. The summed E-state index contributed by atoms with van der Waals surface area (Å²) in [7, 11) is 0. The van der Waals surface area contributed by atoms with E-state index < -0.39 is 17.4 Å². The Hall–Kier alpha value is -1.32. The zero-order valence-corrected chi connectivity index (χ0v) is 11.1. The number of hydrogen-bond acceptors (Lipinski definition) is 2. The highest BCUT2D eigenvalue weighted by Gasteiger charge is 2.42. The third kappa shape index (κ3) is 2.42. The standard InChI is InChI=1S/C14H21NO3/c1-14(2,3)11(13(17)18)15-12(16)10-7-8-4-5-9(10)6-8/h4-5,8-11H,6-7H2,1-3H3,(H,15,16)(H,17,18)/t8?,9?,10?,11-/m0/s1. The molecular formula is C14H21NO3. The van der Waals surface area contributed by atoms with Crippen molar-refractivity contribution in [3.05, 3.63) is 12.2 Å². The molecule has 4 nitrogen and oxygen atoms in total. The van der Waals surface area contributed by atoms with E-state index in [0.717, 1.165) is 12.8 Å². The lowest BCUT2D eigenvalue weighted by Gasteiger charge is -2.29. The lowest BCUT2D eigenvalue weighted by molar-refractivity contribution is -0.145. The van der Waals surface area contributed by atoms with Gasteiger partial charge in [0.2, 0.25) is 5.91 Å². The Morgan fingerprint density at radius 3 is 2.33 bits per heavy atom. The van der Waals surface area contributed by atoms with Crippen molar-refractivity contribution < 1.29 is 14.7 Å². The molecule has 2 N–H and O–H groups in total. The van der Waals surface area contributed by atoms with E-state index in [1.54, 1.807) is 0 Å². The highest BCUT2D eigenvalue weighted by Crippen LogP contribution is 2.43. The summed E-state index contributed by atoms with van der Waals surface area (Å²) in [5.41, 5.74) is -0.477. The topological polar surface area (TPSA) is 66.4 Å². The molecule has 2 rings (SSSR count). The molecule has 2 bridgehead atoms. The average molecular weight is 251 g/mol. The van der Waals surface area contributed by atoms with Crippen LogP contribution in [0.25, 0.3) is 0 Å². The predicted octanol–water partition coefficient (Wildman–Crippen LogP) is 1.81. The summed E-state index contributed by atoms with van der Waals surface area (Å²) in [5, 5.41) is 11.9. The minimum atomic E-state index is -0.963. The highest BCUT2D eigenvalue weighted by molar-refractivity contribution is 5.86. The molecule has 0 aliphatic heterocycles. The third-order valence-electron chi connectivity index (χ3n) is 4.02. The normalized spacial score (nSPS) is 31.4. The molecule has 2 aliphatic carbocycles. The van der Waals surface area contributed by atoms with Crippen LogP contribution in [-0.4, -0.2) is 23.0 Å². The van der Waals surface area contributed by atoms with Crippen molar-refractivity contribution in [2.75, 3.05) is 0 Å². The summed E-state index contributed by atoms with van der Waals surface area (Å²) in [6.07, 6.45) is 6.19. The summed E-state index contributed by atoms with van der Waals surface area (Å²) >= 11 is 0. The van der Waals surface area contributed by atoms with E-state index in [-0.39, 0.29) is 11.8 Å². The molecule has 0 saturated heterocycles. The molecule has 1 amide bonds. The van der Waals surface area contributed by atoms with Gasteiger partial charge in [-0.3, -0.25) is 4.79 Å². The van der Waals surface area contributed by atoms with Crippen LogP contribution in [0.3, 0.4) is 0 Å². The Kier molecular flexibility index (Phi) is 3.21. The van der Waals surface area contributed by atoms with Gasteiger partial charge in [-0.15, -0.1) is 0 Å². The number of aliphatic carboxylic acids is 1. The van der Waals surface area contributed by atoms with Crippen molar-refractivity contribution in [1.29, 1.82) is 0 Å². The van der Waals surface area contributed by atoms with Gasteiger partial charge in [0.25, 0.3) is 0 Å². The first kappa shape index (κ1) is 13.1. The van der Waals surface area contributed by atoms with Gasteiger partial charge < -0.3 is 10.4 Å². The fourth-order valence-corrected chi connectivity index (χ4v) is 2.98. The fourth-order valence-electron chi connectivity index (χ4n) is 2.98. The smallest absolute Gasteiger partial charge is 0.326 e. The Morgan fingerprint density at radius 1 is 1.28 bits per heavy atom. The zero-order valence-electron chi connectivity index (χ0n) is 11.1. The zero-order chi connectivity index (χ0) is 13.5. The maximum Gasteiger partial charge on any atom is 0.326 e. The lowest BCUT2D eigenvalue weighted by atomic mass is 9.85. The number of carboxylic acids is 1. The molecule has 4 heteroatoms. The van der Waals surface area contributed by atoms with Crippen LogP contribution >= 0.6 is 0 Å². The van der Waals surface area contributed by atoms with Crippen molar-refractivity contribution in [3.8, 4) is 0 Å². The van der Waals surface area contributed by atoms with Crippen molar-refractivity contribution in [2.45, 2.75) is 39.7 Å². The van der Waals surface area contributed by atoms with Gasteiger partial charge in [-0.2, -0.15) is 0 Å². The van der Waals surface area contributed by atoms with E-state index in [1.165, 1.54) is 0 Å². The molecule has 1 saturated carbocycles. The third-order valence-corrected chi connectivity index (χ3v) is 4.02. The SMILES string of the molecule is CC(C)(C)[C@@H](NC(=O)C1CC2C=CC1C2)C(=O)O. The van der Waals surface area contributed by atoms with Crippen LogP contribution < -0.4 is 5.32 Å². The molecule has 3 unspecified atom stereocenters. The van der Waals surface area contributed by atoms with Gasteiger partial charge in [0, 0.05) is 5.92 Å². The van der Waals surface area contributed by atoms with Crippen molar-refractivity contribution in [3.63, 3.8) is 0 Å². The first-order chi connectivity index (χ1) is 8.29. The van der Waals surface area contributed by atoms with Crippen LogP contribution in [0.4, 0.5) is 0 Å². The Morgan fingerprint density at radius 2 is 1.94 bits per heavy atom. The summed E-state index contributed by atoms with van der Waals surface area (Å²) in [5.74, 6) is -0.277. The number of allylic oxidation sites excluding steroid dienone is 2. The van der Waals surface area contributed by atoms with Gasteiger partial charge in [-0.1, -0.05) is 32.9 Å². The Bertz CT molecular complexity index is 394. The lowest BCUT2D eigenvalue weighted by Crippen LogP contribution is -2.51. The molecule has 0 aromatic rings. The Labute approximate surface area is 107 Å². The van der Waals surface area contributed by atoms with Crippen LogP contribution in [0, 0.1) is 23.2 Å². The number of nitrogens with one attached hydrogen (secondary N) is 1. The summed E-state index contributed by atoms with van der Waals surface area (Å²) < 4.78 is 0. The number of rotatable bonds is 3. The van der Waals surface area contributed by atoms with Gasteiger partial charge in [0.15, 0.2) is 0 Å². The maximum absolute atomic E-state index is 12.2. The number of fused-ring (bicyclic) bond motifs is 2. The van der Waals surface area contributed by atoms with Crippen LogP contribution in [-0.2, 0) is 9.59 Å². The van der Waals surface area contributed by atoms with Gasteiger partial charge in [-0.25, -0.2) is 4.79 Å². The molecule has 0 aromatic carbocycles. The first-order valence-corrected chi connectivity index (χ1v) is 6.50. The highest BCUT2D eigenvalue weighted by atomic mass is 16.4. The van der Waals surface area contributed by atoms with Crippen molar-refractivity contribution in [2.24, 2.45) is 23.2 Å². The summed E-state index contributed by atoms with van der Waals surface area (Å²) in [6.45, 7) is 5.48. The molecule has 0 radical (unpaired) electrons. The number of hydrogen-bond donors (Lipinski definition) is 2. The molecule has 1 fully saturated rings. The minimum Gasteiger partial charge on any atom is -0.480 e. The van der Waals surface area contributed by atoms with E-state index in [0.29, 0.717) is 11.8 Å². The number of carbonyl (C=O) groups excluding carboxylic acids is 1. The molecule has 18 heavy (non-hydrogen) atoms. The second-order valence-corrected chi connectivity index (χ2v) is 6.53. The summed E-state index contributed by atoms with van der Waals surface area (Å²) in [4.78, 5) is 23.4. The van der Waals surface area contributed by atoms with Gasteiger partial charge in [-0.05, 0) is 30.1 Å². The van der Waals surface area contributed by atoms with Crippen molar-refractivity contribution in [1.82, 2.24) is 5.32 Å². The molecule has 100 valence electrons. The van der Waals surface area contributed by atoms with Crippen molar-refractivity contribution >= 4 is 11.9 Å². The van der Waals surface area contributed by atoms with E-state index in [9.17, 15) is 14.7 Å². The Balaban J connectivity index is 2.02. The van der Waals surface area contributed by atoms with E-state index >= 15 is 0 Å². The first-order valence-electron chi connectivity index (χ1n) is 6.50. The number of carboxylic acid groups (broad SMARTS) is 1. The van der Waals surface area contributed by atoms with Gasteiger partial charge in [0.05, 0.1) is 0 Å². The van der Waals surface area contributed by atoms with Gasteiger partial charge in [0.1, 0.15) is 6.04 Å². The monoisotopic (exact) mass is 251 g/mol. The molecule has 4 atom stereocenters. The number of amides is 1. The van der Waals surface area contributed by atoms with Crippen LogP contribution in [0.2, 0.25) is 0 Å². The minimum absolute atomic E-state index is 0.0378. The van der Waals surface area contributed by atoms with Gasteiger partial charge >= 0.3 is 5.97 Å². The quantitative estimate of drug-likeness (QED) is 0.752. The van der Waals surface area contributed by atoms with E-state index in [2.05, 4.69) is 17.5 Å². The maximum atomic E-state index is 12.2. The number of carbonyl (C=O) groups is 2. The second-order valence-electron chi connectivity index (χ2n) is 6.53. The van der Waals surface area contributed by atoms with Crippen LogP contribution in [0.5, 0.6) is 0 Å².